The normalized spacial score (nSPS) is 11.9. The highest BCUT2D eigenvalue weighted by molar-refractivity contribution is 8.00. The molecule has 3 N–H and O–H groups in total. The van der Waals surface area contributed by atoms with Crippen LogP contribution in [0.1, 0.15) is 34.8 Å². The number of thioether (sulfide) groups is 1. The van der Waals surface area contributed by atoms with Gasteiger partial charge in [-0.3, -0.25) is 14.4 Å². The number of rotatable bonds is 10. The summed E-state index contributed by atoms with van der Waals surface area (Å²) in [5, 5.41) is 8.70. The van der Waals surface area contributed by atoms with Gasteiger partial charge in [-0.15, -0.1) is 11.8 Å². The van der Waals surface area contributed by atoms with Crippen LogP contribution in [0.3, 0.4) is 0 Å². The van der Waals surface area contributed by atoms with E-state index in [1.807, 2.05) is 50.2 Å². The van der Waals surface area contributed by atoms with Crippen LogP contribution in [0.4, 0.5) is 11.4 Å². The van der Waals surface area contributed by atoms with Gasteiger partial charge < -0.3 is 16.0 Å². The fourth-order valence-corrected chi connectivity index (χ4v) is 5.38. The average molecular weight is 619 g/mol. The van der Waals surface area contributed by atoms with Gasteiger partial charge in [0, 0.05) is 16.1 Å². The number of aryl methyl sites for hydroxylation is 1. The Labute approximate surface area is 259 Å². The second kappa shape index (κ2) is 14.7. The minimum atomic E-state index is -0.483. The largest absolute Gasteiger partial charge is 0.324 e. The monoisotopic (exact) mass is 617 g/mol. The molecule has 0 spiro atoms. The summed E-state index contributed by atoms with van der Waals surface area (Å²) in [4.78, 5) is 40.2. The standard InChI is InChI=1S/C33H29Cl2N3O3S/c1-3-29(33(41)37-27-17-9-16-26(34)30(27)35)42-25-15-8-14-24(20-25)36-32(40)28(19-22-11-7-10-21(2)18-22)38-31(39)23-12-5-4-6-13-23/h4-20,29H,3H2,1-2H3,(H,36,40)(H,37,41)(H,38,39)/b28-19+. The molecule has 0 heterocycles. The smallest absolute Gasteiger partial charge is 0.272 e. The SMILES string of the molecule is CCC(Sc1cccc(NC(=O)/C(=C\c2cccc(C)c2)NC(=O)c2ccccc2)c1)C(=O)Nc1cccc(Cl)c1Cl. The number of carbonyl (C=O) groups excluding carboxylic acids is 3. The van der Waals surface area contributed by atoms with Crippen LogP contribution in [0.5, 0.6) is 0 Å². The van der Waals surface area contributed by atoms with Crippen LogP contribution in [-0.2, 0) is 9.59 Å². The fraction of sp³-hybridized carbons (Fsp3) is 0.121. The average Bonchev–Trinajstić information content (AvgIpc) is 2.98. The van der Waals surface area contributed by atoms with E-state index in [9.17, 15) is 14.4 Å². The number of amides is 3. The molecule has 0 aliphatic carbocycles. The van der Waals surface area contributed by atoms with Crippen molar-refractivity contribution in [2.45, 2.75) is 30.4 Å². The maximum Gasteiger partial charge on any atom is 0.272 e. The van der Waals surface area contributed by atoms with E-state index in [-0.39, 0.29) is 16.6 Å². The van der Waals surface area contributed by atoms with Crippen LogP contribution in [0.2, 0.25) is 10.0 Å². The first kappa shape index (κ1) is 30.9. The Morgan fingerprint density at radius 3 is 2.33 bits per heavy atom. The molecule has 0 saturated heterocycles. The third-order valence-electron chi connectivity index (χ3n) is 6.12. The highest BCUT2D eigenvalue weighted by Crippen LogP contribution is 2.32. The summed E-state index contributed by atoms with van der Waals surface area (Å²) in [6.45, 7) is 3.87. The van der Waals surface area contributed by atoms with Gasteiger partial charge in [0.15, 0.2) is 0 Å². The molecule has 0 bridgehead atoms. The Kier molecular flexibility index (Phi) is 10.8. The van der Waals surface area contributed by atoms with Crippen molar-refractivity contribution in [3.63, 3.8) is 0 Å². The van der Waals surface area contributed by atoms with Crippen molar-refractivity contribution in [2.24, 2.45) is 0 Å². The molecular formula is C33H29Cl2N3O3S. The highest BCUT2D eigenvalue weighted by atomic mass is 35.5. The number of carbonyl (C=O) groups is 3. The molecule has 1 atom stereocenters. The predicted octanol–water partition coefficient (Wildman–Crippen LogP) is 8.22. The second-order valence-corrected chi connectivity index (χ2v) is 11.4. The number of benzene rings is 4. The van der Waals surface area contributed by atoms with E-state index in [0.717, 1.165) is 16.0 Å². The maximum absolute atomic E-state index is 13.4. The summed E-state index contributed by atoms with van der Waals surface area (Å²) >= 11 is 13.7. The lowest BCUT2D eigenvalue weighted by molar-refractivity contribution is -0.116. The summed E-state index contributed by atoms with van der Waals surface area (Å²) in [5.41, 5.74) is 3.28. The third-order valence-corrected chi connectivity index (χ3v) is 8.30. The van der Waals surface area contributed by atoms with E-state index in [1.165, 1.54) is 11.8 Å². The molecule has 1 unspecified atom stereocenters. The minimum Gasteiger partial charge on any atom is -0.324 e. The second-order valence-electron chi connectivity index (χ2n) is 9.38. The third kappa shape index (κ3) is 8.49. The van der Waals surface area contributed by atoms with Gasteiger partial charge in [-0.25, -0.2) is 0 Å². The molecule has 4 aromatic rings. The van der Waals surface area contributed by atoms with E-state index in [4.69, 9.17) is 23.2 Å². The van der Waals surface area contributed by atoms with Gasteiger partial charge in [0.25, 0.3) is 11.8 Å². The van der Waals surface area contributed by atoms with E-state index < -0.39 is 17.1 Å². The molecule has 4 rings (SSSR count). The number of halogens is 2. The molecule has 0 aliphatic rings. The van der Waals surface area contributed by atoms with Crippen LogP contribution in [0.25, 0.3) is 6.08 Å². The van der Waals surface area contributed by atoms with E-state index in [0.29, 0.717) is 28.4 Å². The Morgan fingerprint density at radius 1 is 0.857 bits per heavy atom. The zero-order valence-electron chi connectivity index (χ0n) is 23.0. The summed E-state index contributed by atoms with van der Waals surface area (Å²) in [6.07, 6.45) is 2.19. The first-order valence-electron chi connectivity index (χ1n) is 13.2. The van der Waals surface area contributed by atoms with Gasteiger partial charge in [0.2, 0.25) is 5.91 Å². The van der Waals surface area contributed by atoms with E-state index >= 15 is 0 Å². The summed E-state index contributed by atoms with van der Waals surface area (Å²) in [5.74, 6) is -1.10. The molecular weight excluding hydrogens is 589 g/mol. The Morgan fingerprint density at radius 2 is 1.60 bits per heavy atom. The molecule has 42 heavy (non-hydrogen) atoms. The lowest BCUT2D eigenvalue weighted by atomic mass is 10.1. The Balaban J connectivity index is 1.51. The molecule has 4 aromatic carbocycles. The number of nitrogens with one attached hydrogen (secondary N) is 3. The lowest BCUT2D eigenvalue weighted by Crippen LogP contribution is -2.30. The Bertz CT molecular complexity index is 1630. The molecule has 0 fully saturated rings. The molecule has 0 saturated carbocycles. The molecule has 3 amide bonds. The van der Waals surface area contributed by atoms with Crippen molar-refractivity contribution in [2.75, 3.05) is 10.6 Å². The van der Waals surface area contributed by atoms with Gasteiger partial charge in [-0.2, -0.15) is 0 Å². The highest BCUT2D eigenvalue weighted by Gasteiger charge is 2.20. The summed E-state index contributed by atoms with van der Waals surface area (Å²) in [7, 11) is 0. The van der Waals surface area contributed by atoms with Crippen LogP contribution < -0.4 is 16.0 Å². The van der Waals surface area contributed by atoms with Crippen LogP contribution in [-0.4, -0.2) is 23.0 Å². The first-order chi connectivity index (χ1) is 20.2. The topological polar surface area (TPSA) is 87.3 Å². The predicted molar refractivity (Wildman–Crippen MR) is 173 cm³/mol. The van der Waals surface area contributed by atoms with E-state index in [1.54, 1.807) is 66.7 Å². The number of hydrogen-bond acceptors (Lipinski definition) is 4. The molecule has 0 aliphatic heterocycles. The summed E-state index contributed by atoms with van der Waals surface area (Å²) < 4.78 is 0. The van der Waals surface area contributed by atoms with Crippen LogP contribution >= 0.6 is 35.0 Å². The molecule has 9 heteroatoms. The van der Waals surface area contributed by atoms with Gasteiger partial charge in [-0.1, -0.05) is 90.3 Å². The fourth-order valence-electron chi connectivity index (χ4n) is 4.01. The van der Waals surface area contributed by atoms with Gasteiger partial charge >= 0.3 is 0 Å². The van der Waals surface area contributed by atoms with Gasteiger partial charge in [0.05, 0.1) is 21.0 Å². The maximum atomic E-state index is 13.4. The van der Waals surface area contributed by atoms with Crippen molar-refractivity contribution in [1.82, 2.24) is 5.32 Å². The van der Waals surface area contributed by atoms with Crippen molar-refractivity contribution in [3.8, 4) is 0 Å². The molecule has 0 radical (unpaired) electrons. The lowest BCUT2D eigenvalue weighted by Gasteiger charge is -2.16. The first-order valence-corrected chi connectivity index (χ1v) is 14.8. The van der Waals surface area contributed by atoms with Crippen LogP contribution in [0, 0.1) is 6.92 Å². The van der Waals surface area contributed by atoms with Crippen molar-refractivity contribution >= 4 is 70.1 Å². The van der Waals surface area contributed by atoms with E-state index in [2.05, 4.69) is 16.0 Å². The van der Waals surface area contributed by atoms with Crippen molar-refractivity contribution in [3.05, 3.63) is 129 Å². The van der Waals surface area contributed by atoms with Crippen molar-refractivity contribution in [1.29, 1.82) is 0 Å². The zero-order chi connectivity index (χ0) is 30.1. The minimum absolute atomic E-state index is 0.0942. The van der Waals surface area contributed by atoms with Crippen molar-refractivity contribution < 1.29 is 14.4 Å². The molecule has 0 aromatic heterocycles. The molecule has 214 valence electrons. The number of hydrogen-bond donors (Lipinski definition) is 3. The van der Waals surface area contributed by atoms with Gasteiger partial charge in [-0.05, 0) is 67.4 Å². The molecule has 6 nitrogen and oxygen atoms in total. The number of anilines is 2. The Hall–Kier alpha value is -4.04. The summed E-state index contributed by atoms with van der Waals surface area (Å²) in [6, 6.07) is 28.6. The quantitative estimate of drug-likeness (QED) is 0.124. The zero-order valence-corrected chi connectivity index (χ0v) is 25.3. The van der Waals surface area contributed by atoms with Crippen LogP contribution in [0.15, 0.2) is 108 Å². The van der Waals surface area contributed by atoms with Gasteiger partial charge in [0.1, 0.15) is 5.70 Å².